The number of hydrogen-bond donors (Lipinski definition) is 0. The van der Waals surface area contributed by atoms with Crippen molar-refractivity contribution in [2.45, 2.75) is 6.92 Å². The third kappa shape index (κ3) is 4.38. The summed E-state index contributed by atoms with van der Waals surface area (Å²) in [5.41, 5.74) is 1.62. The Hall–Kier alpha value is -2.65. The topological polar surface area (TPSA) is 76.2 Å². The molecule has 2 aromatic carbocycles. The Bertz CT molecular complexity index is 1090. The molecule has 0 radical (unpaired) electrons. The van der Waals surface area contributed by atoms with Crippen molar-refractivity contribution in [2.75, 3.05) is 22.9 Å². The molecule has 0 spiro atoms. The average molecular weight is 443 g/mol. The maximum absolute atomic E-state index is 13.1. The predicted molar refractivity (Wildman–Crippen MR) is 114 cm³/mol. The van der Waals surface area contributed by atoms with E-state index in [2.05, 4.69) is 0 Å². The number of allylic oxidation sites excluding steroid dienone is 2. The minimum Gasteiger partial charge on any atom is -0.548 e. The van der Waals surface area contributed by atoms with Gasteiger partial charge in [0, 0.05) is 12.6 Å². The van der Waals surface area contributed by atoms with Crippen molar-refractivity contribution < 1.29 is 49.0 Å². The number of ether oxygens (including phenoxy) is 1. The first-order valence-corrected chi connectivity index (χ1v) is 9.79. The van der Waals surface area contributed by atoms with E-state index in [1.54, 1.807) is 30.3 Å². The van der Waals surface area contributed by atoms with Gasteiger partial charge in [-0.3, -0.25) is 9.69 Å². The van der Waals surface area contributed by atoms with E-state index in [1.807, 2.05) is 42.2 Å². The summed E-state index contributed by atoms with van der Waals surface area (Å²) in [7, 11) is 0. The van der Waals surface area contributed by atoms with E-state index in [1.165, 1.54) is 15.9 Å². The fourth-order valence-corrected chi connectivity index (χ4v) is 3.79. The van der Waals surface area contributed by atoms with Crippen LogP contribution in [0.3, 0.4) is 0 Å². The molecular weight excluding hydrogens is 425 g/mol. The van der Waals surface area contributed by atoms with Gasteiger partial charge in [0.25, 0.3) is 5.91 Å². The second-order valence-electron chi connectivity index (χ2n) is 6.59. The van der Waals surface area contributed by atoms with Crippen molar-refractivity contribution in [1.29, 1.82) is 0 Å². The van der Waals surface area contributed by atoms with Crippen LogP contribution in [0.5, 0.6) is 5.75 Å². The first-order chi connectivity index (χ1) is 14.5. The van der Waals surface area contributed by atoms with E-state index in [4.69, 9.17) is 17.0 Å². The Morgan fingerprint density at radius 3 is 2.42 bits per heavy atom. The number of benzene rings is 2. The first kappa shape index (κ1) is 23.0. The third-order valence-corrected chi connectivity index (χ3v) is 5.18. The second kappa shape index (κ2) is 9.65. The van der Waals surface area contributed by atoms with E-state index in [-0.39, 0.29) is 40.4 Å². The molecule has 0 aromatic heterocycles. The maximum atomic E-state index is 13.1. The van der Waals surface area contributed by atoms with Gasteiger partial charge >= 0.3 is 29.6 Å². The number of carbonyl (C=O) groups is 2. The number of amides is 1. The molecule has 2 aliphatic rings. The van der Waals surface area contributed by atoms with Crippen LogP contribution in [-0.4, -0.2) is 35.0 Å². The number of carboxylic acids is 1. The van der Waals surface area contributed by atoms with E-state index in [9.17, 15) is 14.7 Å². The Labute approximate surface area is 207 Å². The smallest absolute Gasteiger partial charge is 0.548 e. The van der Waals surface area contributed by atoms with Crippen LogP contribution in [0.4, 0.5) is 11.4 Å². The van der Waals surface area contributed by atoms with Crippen molar-refractivity contribution >= 4 is 40.6 Å². The predicted octanol–water partition coefficient (Wildman–Crippen LogP) is -0.982. The molecule has 7 nitrogen and oxygen atoms in total. The van der Waals surface area contributed by atoms with Gasteiger partial charge in [-0.25, -0.2) is 0 Å². The zero-order chi connectivity index (χ0) is 21.3. The number of rotatable bonds is 5. The fourth-order valence-electron chi connectivity index (χ4n) is 3.44. The van der Waals surface area contributed by atoms with E-state index < -0.39 is 18.4 Å². The summed E-state index contributed by atoms with van der Waals surface area (Å²) >= 11 is 5.40. The molecule has 0 aliphatic carbocycles. The van der Waals surface area contributed by atoms with Gasteiger partial charge in [0.15, 0.2) is 10.9 Å². The standard InChI is InChI=1S/C22H19N3O4S.Na/c1-2-23-16-10-6-7-11-18(16)29-19(23)13-12-17-21(28)25(15-8-4-3-5-9-15)22(30)24(17)14-20(26)27;/h3-13H,2,14H2,1H3,(H,26,27);/q;+1/p-1/b17-12+,19-13-;. The summed E-state index contributed by atoms with van der Waals surface area (Å²) in [5, 5.41) is 11.4. The molecule has 1 amide bonds. The van der Waals surface area contributed by atoms with Crippen molar-refractivity contribution in [3.63, 3.8) is 0 Å². The van der Waals surface area contributed by atoms with Crippen molar-refractivity contribution in [3.8, 4) is 5.75 Å². The van der Waals surface area contributed by atoms with Gasteiger partial charge in [0.05, 0.1) is 23.9 Å². The van der Waals surface area contributed by atoms with Gasteiger partial charge in [-0.2, -0.15) is 0 Å². The maximum Gasteiger partial charge on any atom is 1.00 e. The monoisotopic (exact) mass is 443 g/mol. The third-order valence-electron chi connectivity index (χ3n) is 4.77. The van der Waals surface area contributed by atoms with Crippen LogP contribution >= 0.6 is 12.2 Å². The van der Waals surface area contributed by atoms with Crippen LogP contribution in [0.15, 0.2) is 78.3 Å². The second-order valence-corrected chi connectivity index (χ2v) is 6.95. The minimum atomic E-state index is -1.33. The zero-order valence-corrected chi connectivity index (χ0v) is 20.0. The Morgan fingerprint density at radius 2 is 1.74 bits per heavy atom. The number of anilines is 2. The largest absolute Gasteiger partial charge is 1.00 e. The normalized spacial score (nSPS) is 17.8. The number of carboxylic acid groups (broad SMARTS) is 1. The van der Waals surface area contributed by atoms with Crippen LogP contribution in [-0.2, 0) is 9.59 Å². The molecule has 9 heteroatoms. The number of aliphatic carboxylic acids is 1. The minimum absolute atomic E-state index is 0. The molecule has 2 aliphatic heterocycles. The Balaban J connectivity index is 0.00000272. The van der Waals surface area contributed by atoms with Crippen LogP contribution in [0.2, 0.25) is 0 Å². The quantitative estimate of drug-likeness (QED) is 0.334. The molecule has 0 saturated carbocycles. The summed E-state index contributed by atoms with van der Waals surface area (Å²) in [4.78, 5) is 28.9. The summed E-state index contributed by atoms with van der Waals surface area (Å²) in [6.07, 6.45) is 3.18. The number of carbonyl (C=O) groups excluding carboxylic acids is 2. The molecular formula is C22H18N3NaO4S. The van der Waals surface area contributed by atoms with Gasteiger partial charge in [0.1, 0.15) is 5.70 Å². The Morgan fingerprint density at radius 1 is 1.06 bits per heavy atom. The zero-order valence-electron chi connectivity index (χ0n) is 17.1. The Kier molecular flexibility index (Phi) is 7.17. The number of thiocarbonyl (C=S) groups is 1. The van der Waals surface area contributed by atoms with Gasteiger partial charge < -0.3 is 24.4 Å². The van der Waals surface area contributed by atoms with Crippen molar-refractivity contribution in [1.82, 2.24) is 4.90 Å². The fraction of sp³-hybridized carbons (Fsp3) is 0.136. The molecule has 1 saturated heterocycles. The van der Waals surface area contributed by atoms with Gasteiger partial charge in [0.2, 0.25) is 5.88 Å². The van der Waals surface area contributed by atoms with Crippen LogP contribution in [0.25, 0.3) is 0 Å². The van der Waals surface area contributed by atoms with Crippen LogP contribution in [0, 0.1) is 0 Å². The van der Waals surface area contributed by atoms with Gasteiger partial charge in [-0.05, 0) is 49.5 Å². The van der Waals surface area contributed by atoms with E-state index >= 15 is 0 Å². The number of para-hydroxylation sites is 3. The van der Waals surface area contributed by atoms with E-state index in [0.29, 0.717) is 18.1 Å². The molecule has 0 bridgehead atoms. The number of nitrogens with zero attached hydrogens (tertiary/aromatic N) is 3. The summed E-state index contributed by atoms with van der Waals surface area (Å²) < 4.78 is 5.90. The van der Waals surface area contributed by atoms with Gasteiger partial charge in [-0.1, -0.05) is 30.3 Å². The first-order valence-electron chi connectivity index (χ1n) is 9.38. The van der Waals surface area contributed by atoms with Crippen LogP contribution < -0.4 is 49.2 Å². The van der Waals surface area contributed by atoms with Crippen LogP contribution in [0.1, 0.15) is 6.92 Å². The molecule has 2 heterocycles. The van der Waals surface area contributed by atoms with Gasteiger partial charge in [-0.15, -0.1) is 0 Å². The molecule has 0 unspecified atom stereocenters. The average Bonchev–Trinajstić information content (AvgIpc) is 3.21. The molecule has 0 atom stereocenters. The SMILES string of the molecule is CCN1/C(=C/C=C2\C(=O)N(c3ccccc3)C(=S)N2CC(=O)[O-])Oc2ccccc21.[Na+]. The summed E-state index contributed by atoms with van der Waals surface area (Å²) in [6.45, 7) is 2.13. The molecule has 152 valence electrons. The molecule has 2 aromatic rings. The molecule has 1 fully saturated rings. The summed E-state index contributed by atoms with van der Waals surface area (Å²) in [5.74, 6) is -0.493. The van der Waals surface area contributed by atoms with Crippen molar-refractivity contribution in [3.05, 3.63) is 78.3 Å². The number of hydrogen-bond acceptors (Lipinski definition) is 6. The molecule has 0 N–H and O–H groups in total. The van der Waals surface area contributed by atoms with Crippen molar-refractivity contribution in [2.24, 2.45) is 0 Å². The summed E-state index contributed by atoms with van der Waals surface area (Å²) in [6, 6.07) is 16.5. The molecule has 31 heavy (non-hydrogen) atoms. The molecule has 4 rings (SSSR count). The van der Waals surface area contributed by atoms with E-state index in [0.717, 1.165) is 11.4 Å². The number of fused-ring (bicyclic) bond motifs is 1.